The number of fused-ring (bicyclic) bond motifs is 11. The van der Waals surface area contributed by atoms with Crippen molar-refractivity contribution >= 4 is 84.8 Å². The minimum Gasteiger partial charge on any atom is -0.304 e. The number of nitriles is 2. The van der Waals surface area contributed by atoms with Gasteiger partial charge in [0, 0.05) is 58.4 Å². The molecule has 3 aromatic heterocycles. The molecule has 0 spiro atoms. The molecule has 0 unspecified atom stereocenters. The van der Waals surface area contributed by atoms with Crippen LogP contribution in [0.3, 0.4) is 0 Å². The SMILES string of the molecule is N#Cc1c(C#N)c(-n2c3c(ccc4c5ccccc5sc43)c3ccc4c5ccccc5sc4c32)c(-c2ccccc2)c(-c2ccccc2)c1-c1cc(-c2ccccc2)cc(-c2ccccc2)c1. The third-order valence-corrected chi connectivity index (χ3v) is 15.6. The normalized spacial score (nSPS) is 11.6. The van der Waals surface area contributed by atoms with Crippen molar-refractivity contribution in [1.29, 1.82) is 10.5 Å². The fraction of sp³-hybridized carbons (Fsp3) is 0. The lowest BCUT2D eigenvalue weighted by molar-refractivity contribution is 1.18. The summed E-state index contributed by atoms with van der Waals surface area (Å²) in [7, 11) is 0. The molecule has 0 fully saturated rings. The Kier molecular flexibility index (Phi) is 9.01. The summed E-state index contributed by atoms with van der Waals surface area (Å²) in [5.74, 6) is 0. The van der Waals surface area contributed by atoms with E-state index >= 15 is 0 Å². The number of nitrogens with zero attached hydrogens (tertiary/aromatic N) is 3. The van der Waals surface area contributed by atoms with Gasteiger partial charge in [0.2, 0.25) is 0 Å². The van der Waals surface area contributed by atoms with E-state index in [4.69, 9.17) is 0 Å². The largest absolute Gasteiger partial charge is 0.304 e. The van der Waals surface area contributed by atoms with Gasteiger partial charge in [-0.15, -0.1) is 22.7 Å². The Balaban J connectivity index is 1.29. The van der Waals surface area contributed by atoms with Crippen LogP contribution in [0.2, 0.25) is 0 Å². The second-order valence-electron chi connectivity index (χ2n) is 16.9. The maximum absolute atomic E-state index is 12.0. The molecule has 310 valence electrons. The standard InChI is InChI=1S/C62H35N3S2/c63-36-51-52(37-64)58(65-59-47(29-31-49-45-25-13-15-27-53(45)66-61(49)59)48-30-32-50-46-26-14-16-28-54(46)67-62(50)60(48)65)57(41-23-11-4-12-24-41)56(40-21-9-3-10-22-40)55(51)44-34-42(38-17-5-1-6-18-38)33-43(35-44)39-19-7-2-8-20-39/h1-35H. The molecule has 13 rings (SSSR count). The summed E-state index contributed by atoms with van der Waals surface area (Å²) >= 11 is 3.57. The van der Waals surface area contributed by atoms with Gasteiger partial charge in [0.1, 0.15) is 12.1 Å². The second-order valence-corrected chi connectivity index (χ2v) is 19.0. The van der Waals surface area contributed by atoms with E-state index in [9.17, 15) is 10.5 Å². The van der Waals surface area contributed by atoms with Crippen LogP contribution in [0, 0.1) is 22.7 Å². The number of hydrogen-bond acceptors (Lipinski definition) is 4. The highest BCUT2D eigenvalue weighted by Gasteiger charge is 2.32. The van der Waals surface area contributed by atoms with E-state index in [0.717, 1.165) is 97.6 Å². The summed E-state index contributed by atoms with van der Waals surface area (Å²) in [4.78, 5) is 0. The van der Waals surface area contributed by atoms with Gasteiger partial charge in [-0.25, -0.2) is 0 Å². The van der Waals surface area contributed by atoms with Crippen molar-refractivity contribution in [2.75, 3.05) is 0 Å². The lowest BCUT2D eigenvalue weighted by Gasteiger charge is -2.25. The van der Waals surface area contributed by atoms with E-state index in [1.165, 1.54) is 20.2 Å². The molecule has 0 atom stereocenters. The molecule has 5 heteroatoms. The van der Waals surface area contributed by atoms with Crippen LogP contribution in [0.4, 0.5) is 0 Å². The Hall–Kier alpha value is -8.58. The molecule has 0 aliphatic heterocycles. The monoisotopic (exact) mass is 885 g/mol. The molecule has 0 amide bonds. The predicted molar refractivity (Wildman–Crippen MR) is 283 cm³/mol. The van der Waals surface area contributed by atoms with Gasteiger partial charge in [-0.05, 0) is 69.3 Å². The van der Waals surface area contributed by atoms with Gasteiger partial charge in [0.25, 0.3) is 0 Å². The third-order valence-electron chi connectivity index (χ3n) is 13.3. The summed E-state index contributed by atoms with van der Waals surface area (Å²) in [6, 6.07) is 80.1. The summed E-state index contributed by atoms with van der Waals surface area (Å²) < 4.78 is 7.05. The smallest absolute Gasteiger partial charge is 0.103 e. The first-order valence-electron chi connectivity index (χ1n) is 22.3. The minimum atomic E-state index is 0.331. The molecule has 3 nitrogen and oxygen atoms in total. The van der Waals surface area contributed by atoms with Crippen LogP contribution in [0.15, 0.2) is 212 Å². The van der Waals surface area contributed by atoms with Gasteiger partial charge < -0.3 is 4.57 Å². The highest BCUT2D eigenvalue weighted by atomic mass is 32.1. The van der Waals surface area contributed by atoms with Crippen LogP contribution in [0.5, 0.6) is 0 Å². The Morgan fingerprint density at radius 2 is 0.701 bits per heavy atom. The van der Waals surface area contributed by atoms with Crippen molar-refractivity contribution in [2.24, 2.45) is 0 Å². The molecule has 10 aromatic carbocycles. The van der Waals surface area contributed by atoms with E-state index in [0.29, 0.717) is 16.8 Å². The third kappa shape index (κ3) is 6.00. The summed E-state index contributed by atoms with van der Waals surface area (Å²) in [6.07, 6.45) is 0. The predicted octanol–water partition coefficient (Wildman–Crippen LogP) is 17.6. The fourth-order valence-electron chi connectivity index (χ4n) is 10.4. The molecular weight excluding hydrogens is 851 g/mol. The van der Waals surface area contributed by atoms with Crippen molar-refractivity contribution in [3.05, 3.63) is 223 Å². The van der Waals surface area contributed by atoms with Gasteiger partial charge in [-0.2, -0.15) is 10.5 Å². The molecular formula is C62H35N3S2. The highest BCUT2D eigenvalue weighted by molar-refractivity contribution is 7.27. The summed E-state index contributed by atoms with van der Waals surface area (Å²) in [5.41, 5.74) is 12.8. The molecule has 0 aliphatic rings. The van der Waals surface area contributed by atoms with Gasteiger partial charge >= 0.3 is 0 Å². The number of rotatable bonds is 6. The van der Waals surface area contributed by atoms with Crippen molar-refractivity contribution in [3.63, 3.8) is 0 Å². The van der Waals surface area contributed by atoms with Crippen LogP contribution in [0.25, 0.3) is 123 Å². The molecule has 67 heavy (non-hydrogen) atoms. The molecule has 3 heterocycles. The lowest BCUT2D eigenvalue weighted by atomic mass is 9.80. The Bertz CT molecular complexity index is 4020. The van der Waals surface area contributed by atoms with Crippen LogP contribution in [-0.4, -0.2) is 4.57 Å². The molecule has 13 aromatic rings. The Labute approximate surface area is 394 Å². The van der Waals surface area contributed by atoms with E-state index in [1.807, 2.05) is 24.3 Å². The average Bonchev–Trinajstić information content (AvgIpc) is 4.08. The molecule has 0 radical (unpaired) electrons. The van der Waals surface area contributed by atoms with Crippen molar-refractivity contribution in [2.45, 2.75) is 0 Å². The van der Waals surface area contributed by atoms with Gasteiger partial charge in [0.15, 0.2) is 0 Å². The van der Waals surface area contributed by atoms with E-state index in [-0.39, 0.29) is 0 Å². The summed E-state index contributed by atoms with van der Waals surface area (Å²) in [6.45, 7) is 0. The van der Waals surface area contributed by atoms with E-state index in [2.05, 4.69) is 205 Å². The van der Waals surface area contributed by atoms with Crippen LogP contribution in [-0.2, 0) is 0 Å². The minimum absolute atomic E-state index is 0.331. The number of benzene rings is 10. The van der Waals surface area contributed by atoms with Crippen LogP contribution in [0.1, 0.15) is 11.1 Å². The van der Waals surface area contributed by atoms with Gasteiger partial charge in [-0.1, -0.05) is 182 Å². The quantitative estimate of drug-likeness (QED) is 0.167. The first-order chi connectivity index (χ1) is 33.2. The molecule has 0 saturated carbocycles. The Morgan fingerprint density at radius 1 is 0.313 bits per heavy atom. The fourth-order valence-corrected chi connectivity index (χ4v) is 12.9. The first kappa shape index (κ1) is 38.8. The lowest BCUT2D eigenvalue weighted by Crippen LogP contribution is -2.08. The van der Waals surface area contributed by atoms with Gasteiger partial charge in [0.05, 0.1) is 37.2 Å². The van der Waals surface area contributed by atoms with E-state index < -0.39 is 0 Å². The van der Waals surface area contributed by atoms with Crippen LogP contribution >= 0.6 is 22.7 Å². The number of hydrogen-bond donors (Lipinski definition) is 0. The zero-order valence-corrected chi connectivity index (χ0v) is 37.5. The zero-order chi connectivity index (χ0) is 44.6. The van der Waals surface area contributed by atoms with Crippen LogP contribution < -0.4 is 0 Å². The Morgan fingerprint density at radius 3 is 1.16 bits per heavy atom. The van der Waals surface area contributed by atoms with Crippen molar-refractivity contribution in [1.82, 2.24) is 4.57 Å². The van der Waals surface area contributed by atoms with Crippen molar-refractivity contribution in [3.8, 4) is 73.5 Å². The molecule has 0 bridgehead atoms. The maximum Gasteiger partial charge on any atom is 0.103 e. The zero-order valence-electron chi connectivity index (χ0n) is 35.9. The van der Waals surface area contributed by atoms with E-state index in [1.54, 1.807) is 22.7 Å². The highest BCUT2D eigenvalue weighted by Crippen LogP contribution is 2.53. The average molecular weight is 886 g/mol. The number of aromatic nitrogens is 1. The maximum atomic E-state index is 12.0. The molecule has 0 aliphatic carbocycles. The topological polar surface area (TPSA) is 52.5 Å². The second kappa shape index (κ2) is 15.5. The number of thiophene rings is 2. The molecule has 0 saturated heterocycles. The van der Waals surface area contributed by atoms with Crippen molar-refractivity contribution < 1.29 is 0 Å². The first-order valence-corrected chi connectivity index (χ1v) is 23.9. The van der Waals surface area contributed by atoms with Gasteiger partial charge in [-0.3, -0.25) is 0 Å². The summed E-state index contributed by atoms with van der Waals surface area (Å²) in [5, 5.41) is 30.8. The molecule has 0 N–H and O–H groups in total.